The first-order valence-electron chi connectivity index (χ1n) is 5.00. The second kappa shape index (κ2) is 6.06. The van der Waals surface area contributed by atoms with Crippen molar-refractivity contribution in [2.24, 2.45) is 0 Å². The largest absolute Gasteiger partial charge is 0.481 e. The number of hydrogen-bond donors (Lipinski definition) is 1. The van der Waals surface area contributed by atoms with Gasteiger partial charge in [-0.25, -0.2) is 4.98 Å². The quantitative estimate of drug-likeness (QED) is 0.905. The summed E-state index contributed by atoms with van der Waals surface area (Å²) in [6, 6.07) is 9.89. The number of rotatable bonds is 4. The molecule has 2 rings (SSSR count). The Morgan fingerprint density at radius 2 is 2.00 bits per heavy atom. The normalized spacial score (nSPS) is 9.65. The first-order chi connectivity index (χ1) is 7.75. The summed E-state index contributed by atoms with van der Waals surface area (Å²) in [5.41, 5.74) is 1.85. The molecule has 4 nitrogen and oxygen atoms in total. The van der Waals surface area contributed by atoms with Gasteiger partial charge in [0.05, 0.1) is 12.7 Å². The molecule has 0 amide bonds. The van der Waals surface area contributed by atoms with Crippen LogP contribution in [-0.2, 0) is 17.8 Å². The minimum absolute atomic E-state index is 0. The Balaban J connectivity index is 0.00000144. The van der Waals surface area contributed by atoms with Gasteiger partial charge in [0.2, 0.25) is 0 Å². The molecule has 0 saturated heterocycles. The minimum atomic E-state index is -0.838. The number of benzene rings is 1. The Labute approximate surface area is 105 Å². The summed E-state index contributed by atoms with van der Waals surface area (Å²) in [6.07, 6.45) is 3.26. The molecule has 1 aromatic carbocycles. The molecule has 0 aliphatic heterocycles. The average molecular weight is 253 g/mol. The van der Waals surface area contributed by atoms with E-state index >= 15 is 0 Å². The summed E-state index contributed by atoms with van der Waals surface area (Å²) < 4.78 is 1.85. The predicted octanol–water partition coefficient (Wildman–Crippen LogP) is 1.98. The summed E-state index contributed by atoms with van der Waals surface area (Å²) in [7, 11) is 0. The van der Waals surface area contributed by atoms with Crippen molar-refractivity contribution < 1.29 is 9.90 Å². The van der Waals surface area contributed by atoms with Gasteiger partial charge in [-0.1, -0.05) is 30.3 Å². The van der Waals surface area contributed by atoms with Crippen molar-refractivity contribution in [1.29, 1.82) is 0 Å². The molecular weight excluding hydrogens is 240 g/mol. The van der Waals surface area contributed by atoms with Crippen LogP contribution in [0.1, 0.15) is 11.3 Å². The maximum Gasteiger partial charge on any atom is 0.309 e. The van der Waals surface area contributed by atoms with E-state index in [4.69, 9.17) is 5.11 Å². The molecule has 0 unspecified atom stereocenters. The van der Waals surface area contributed by atoms with Gasteiger partial charge in [-0.05, 0) is 5.56 Å². The van der Waals surface area contributed by atoms with E-state index in [1.54, 1.807) is 12.5 Å². The highest BCUT2D eigenvalue weighted by atomic mass is 35.5. The topological polar surface area (TPSA) is 55.1 Å². The lowest BCUT2D eigenvalue weighted by Gasteiger charge is -2.06. The number of aromatic nitrogens is 2. The summed E-state index contributed by atoms with van der Waals surface area (Å²) in [5.74, 6) is -0.838. The molecule has 17 heavy (non-hydrogen) atoms. The molecule has 1 aromatic heterocycles. The van der Waals surface area contributed by atoms with Crippen LogP contribution in [0, 0.1) is 0 Å². The smallest absolute Gasteiger partial charge is 0.309 e. The molecule has 90 valence electrons. The summed E-state index contributed by atoms with van der Waals surface area (Å²) in [4.78, 5) is 14.6. The number of halogens is 1. The fourth-order valence-corrected chi connectivity index (χ4v) is 1.57. The van der Waals surface area contributed by atoms with E-state index in [1.807, 2.05) is 34.9 Å². The van der Waals surface area contributed by atoms with E-state index in [0.717, 1.165) is 11.3 Å². The van der Waals surface area contributed by atoms with Gasteiger partial charge in [-0.2, -0.15) is 0 Å². The third kappa shape index (κ3) is 3.60. The second-order valence-electron chi connectivity index (χ2n) is 3.57. The van der Waals surface area contributed by atoms with Crippen LogP contribution in [0.15, 0.2) is 42.9 Å². The van der Waals surface area contributed by atoms with Crippen molar-refractivity contribution in [3.63, 3.8) is 0 Å². The van der Waals surface area contributed by atoms with E-state index in [1.165, 1.54) is 0 Å². The van der Waals surface area contributed by atoms with Crippen molar-refractivity contribution >= 4 is 18.4 Å². The van der Waals surface area contributed by atoms with Crippen LogP contribution in [0.3, 0.4) is 0 Å². The van der Waals surface area contributed by atoms with E-state index in [9.17, 15) is 4.79 Å². The van der Waals surface area contributed by atoms with Crippen LogP contribution in [-0.4, -0.2) is 20.6 Å². The van der Waals surface area contributed by atoms with Gasteiger partial charge >= 0.3 is 5.97 Å². The highest BCUT2D eigenvalue weighted by Crippen LogP contribution is 2.06. The van der Waals surface area contributed by atoms with Gasteiger partial charge in [0.1, 0.15) is 0 Å². The molecule has 1 heterocycles. The van der Waals surface area contributed by atoms with Crippen molar-refractivity contribution in [2.45, 2.75) is 13.0 Å². The summed E-state index contributed by atoms with van der Waals surface area (Å²) >= 11 is 0. The fourth-order valence-electron chi connectivity index (χ4n) is 1.57. The van der Waals surface area contributed by atoms with Gasteiger partial charge in [-0.3, -0.25) is 4.79 Å². The molecule has 0 aliphatic rings. The van der Waals surface area contributed by atoms with Gasteiger partial charge in [0, 0.05) is 18.4 Å². The predicted molar refractivity (Wildman–Crippen MR) is 66.4 cm³/mol. The lowest BCUT2D eigenvalue weighted by molar-refractivity contribution is -0.136. The fraction of sp³-hybridized carbons (Fsp3) is 0.167. The molecular formula is C12H13ClN2O2. The number of nitrogens with zero attached hydrogens (tertiary/aromatic N) is 2. The molecule has 0 fully saturated rings. The minimum Gasteiger partial charge on any atom is -0.481 e. The Morgan fingerprint density at radius 3 is 2.65 bits per heavy atom. The zero-order valence-electron chi connectivity index (χ0n) is 9.11. The average Bonchev–Trinajstić information content (AvgIpc) is 2.66. The zero-order chi connectivity index (χ0) is 11.4. The molecule has 1 N–H and O–H groups in total. The van der Waals surface area contributed by atoms with Crippen molar-refractivity contribution in [2.75, 3.05) is 0 Å². The number of carboxylic acid groups (broad SMARTS) is 1. The highest BCUT2D eigenvalue weighted by molar-refractivity contribution is 5.85. The first kappa shape index (κ1) is 13.3. The Morgan fingerprint density at radius 1 is 1.29 bits per heavy atom. The van der Waals surface area contributed by atoms with Crippen molar-refractivity contribution in [3.05, 3.63) is 54.1 Å². The number of carbonyl (C=O) groups is 1. The molecule has 0 spiro atoms. The van der Waals surface area contributed by atoms with Crippen LogP contribution < -0.4 is 0 Å². The third-order valence-electron chi connectivity index (χ3n) is 2.33. The number of hydrogen-bond acceptors (Lipinski definition) is 2. The lowest BCUT2D eigenvalue weighted by Crippen LogP contribution is -2.08. The molecule has 0 atom stereocenters. The maximum atomic E-state index is 10.6. The first-order valence-corrected chi connectivity index (χ1v) is 5.00. The SMILES string of the molecule is Cl.O=C(O)Cc1cncn1Cc1ccccc1. The number of imidazole rings is 1. The van der Waals surface area contributed by atoms with Crippen LogP contribution in [0.4, 0.5) is 0 Å². The monoisotopic (exact) mass is 252 g/mol. The highest BCUT2D eigenvalue weighted by Gasteiger charge is 2.06. The van der Waals surface area contributed by atoms with E-state index in [2.05, 4.69) is 4.98 Å². The van der Waals surface area contributed by atoms with E-state index in [0.29, 0.717) is 6.54 Å². The van der Waals surface area contributed by atoms with Crippen LogP contribution in [0.5, 0.6) is 0 Å². The van der Waals surface area contributed by atoms with Gasteiger partial charge in [0.15, 0.2) is 0 Å². The van der Waals surface area contributed by atoms with Gasteiger partial charge in [0.25, 0.3) is 0 Å². The Bertz CT molecular complexity index is 482. The third-order valence-corrected chi connectivity index (χ3v) is 2.33. The molecule has 0 bridgehead atoms. The van der Waals surface area contributed by atoms with Gasteiger partial charge < -0.3 is 9.67 Å². The summed E-state index contributed by atoms with van der Waals surface area (Å²) in [6.45, 7) is 0.656. The van der Waals surface area contributed by atoms with Gasteiger partial charge in [-0.15, -0.1) is 12.4 Å². The molecule has 0 saturated carbocycles. The van der Waals surface area contributed by atoms with E-state index in [-0.39, 0.29) is 18.8 Å². The Kier molecular flexibility index (Phi) is 4.72. The molecule has 5 heteroatoms. The van der Waals surface area contributed by atoms with Crippen molar-refractivity contribution in [3.8, 4) is 0 Å². The number of aliphatic carboxylic acids is 1. The molecule has 0 radical (unpaired) electrons. The second-order valence-corrected chi connectivity index (χ2v) is 3.57. The molecule has 0 aliphatic carbocycles. The van der Waals surface area contributed by atoms with Crippen molar-refractivity contribution in [1.82, 2.24) is 9.55 Å². The molecule has 2 aromatic rings. The lowest BCUT2D eigenvalue weighted by atomic mass is 10.2. The van der Waals surface area contributed by atoms with E-state index < -0.39 is 5.97 Å². The van der Waals surface area contributed by atoms with Crippen LogP contribution >= 0.6 is 12.4 Å². The summed E-state index contributed by atoms with van der Waals surface area (Å²) in [5, 5.41) is 8.73. The Hall–Kier alpha value is -1.81. The number of carboxylic acids is 1. The maximum absolute atomic E-state index is 10.6. The van der Waals surface area contributed by atoms with Crippen LogP contribution in [0.2, 0.25) is 0 Å². The standard InChI is InChI=1S/C12H12N2O2.ClH/c15-12(16)6-11-7-13-9-14(11)8-10-4-2-1-3-5-10;/h1-5,7,9H,6,8H2,(H,15,16);1H. The zero-order valence-corrected chi connectivity index (χ0v) is 9.93. The van der Waals surface area contributed by atoms with Crippen LogP contribution in [0.25, 0.3) is 0 Å².